The molecular weight excluding hydrogens is 208 g/mol. The Bertz CT molecular complexity index is 319. The summed E-state index contributed by atoms with van der Waals surface area (Å²) in [5, 5.41) is 0.171. The predicted octanol–water partition coefficient (Wildman–Crippen LogP) is 2.04. The van der Waals surface area contributed by atoms with Crippen molar-refractivity contribution in [2.45, 2.75) is 33.5 Å². The lowest BCUT2D eigenvalue weighted by Gasteiger charge is -2.08. The highest BCUT2D eigenvalue weighted by atomic mass is 28.3. The van der Waals surface area contributed by atoms with Crippen LogP contribution in [0.15, 0.2) is 11.6 Å². The van der Waals surface area contributed by atoms with Crippen molar-refractivity contribution in [3.05, 3.63) is 17.2 Å². The van der Waals surface area contributed by atoms with Crippen LogP contribution >= 0.6 is 0 Å². The van der Waals surface area contributed by atoms with Gasteiger partial charge in [-0.25, -0.2) is 4.79 Å². The highest BCUT2D eigenvalue weighted by Gasteiger charge is 2.37. The number of hydrogen-bond donors (Lipinski definition) is 0. The van der Waals surface area contributed by atoms with Crippen molar-refractivity contribution >= 4 is 19.4 Å². The summed E-state index contributed by atoms with van der Waals surface area (Å²) in [6, 6.07) is 0. The van der Waals surface area contributed by atoms with Gasteiger partial charge in [-0.3, -0.25) is 0 Å². The Morgan fingerprint density at radius 1 is 1.40 bits per heavy atom. The van der Waals surface area contributed by atoms with Gasteiger partial charge in [0.1, 0.15) is 6.61 Å². The second kappa shape index (κ2) is 5.63. The molecule has 84 valence electrons. The third kappa shape index (κ3) is 5.30. The Kier molecular flexibility index (Phi) is 5.18. The van der Waals surface area contributed by atoms with Gasteiger partial charge < -0.3 is 10.3 Å². The summed E-state index contributed by atoms with van der Waals surface area (Å²) in [5.41, 5.74) is 9.83. The topological polar surface area (TPSA) is 62.7 Å². The van der Waals surface area contributed by atoms with Gasteiger partial charge in [0.15, 0.2) is 8.07 Å². The molecule has 0 aromatic heterocycles. The molecule has 4 nitrogen and oxygen atoms in total. The molecule has 0 aromatic rings. The summed E-state index contributed by atoms with van der Waals surface area (Å²) in [6.45, 7) is 9.84. The maximum absolute atomic E-state index is 11.5. The molecule has 15 heavy (non-hydrogen) atoms. The predicted molar refractivity (Wildman–Crippen MR) is 62.4 cm³/mol. The first-order valence-corrected chi connectivity index (χ1v) is 8.32. The maximum Gasteiger partial charge on any atom is 0.410 e. The van der Waals surface area contributed by atoms with Crippen LogP contribution in [0.5, 0.6) is 0 Å². The van der Waals surface area contributed by atoms with E-state index in [0.717, 1.165) is 5.57 Å². The molecule has 0 saturated heterocycles. The van der Waals surface area contributed by atoms with Crippen LogP contribution < -0.4 is 0 Å². The molecule has 0 unspecified atom stereocenters. The Morgan fingerprint density at radius 2 is 1.93 bits per heavy atom. The van der Waals surface area contributed by atoms with E-state index in [9.17, 15) is 4.79 Å². The quantitative estimate of drug-likeness (QED) is 0.184. The Morgan fingerprint density at radius 3 is 2.27 bits per heavy atom. The van der Waals surface area contributed by atoms with Gasteiger partial charge in [-0.05, 0) is 19.9 Å². The molecule has 0 spiro atoms. The lowest BCUT2D eigenvalue weighted by atomic mass is 10.3. The summed E-state index contributed by atoms with van der Waals surface area (Å²) in [4.78, 5) is 14.5. The minimum atomic E-state index is -1.92. The van der Waals surface area contributed by atoms with Gasteiger partial charge >= 0.3 is 11.3 Å². The van der Waals surface area contributed by atoms with Crippen molar-refractivity contribution in [2.24, 2.45) is 0 Å². The molecule has 0 heterocycles. The number of esters is 1. The number of carbonyl (C=O) groups excluding carboxylic acids is 1. The summed E-state index contributed by atoms with van der Waals surface area (Å²) in [5.74, 6) is -0.519. The van der Waals surface area contributed by atoms with Gasteiger partial charge in [0.2, 0.25) is 0 Å². The largest absolute Gasteiger partial charge is 0.453 e. The van der Waals surface area contributed by atoms with Gasteiger partial charge in [0.25, 0.3) is 0 Å². The molecule has 0 aliphatic rings. The van der Waals surface area contributed by atoms with Crippen LogP contribution in [0.3, 0.4) is 0 Å². The van der Waals surface area contributed by atoms with Gasteiger partial charge in [-0.2, -0.15) is 4.79 Å². The first-order valence-electron chi connectivity index (χ1n) is 4.82. The zero-order valence-corrected chi connectivity index (χ0v) is 11.0. The minimum Gasteiger partial charge on any atom is -0.453 e. The summed E-state index contributed by atoms with van der Waals surface area (Å²) < 4.78 is 4.96. The van der Waals surface area contributed by atoms with Crippen molar-refractivity contribution in [3.63, 3.8) is 0 Å². The molecule has 0 saturated carbocycles. The van der Waals surface area contributed by atoms with Gasteiger partial charge in [0.05, 0.1) is 0 Å². The van der Waals surface area contributed by atoms with Crippen LogP contribution in [0.2, 0.25) is 19.6 Å². The van der Waals surface area contributed by atoms with Gasteiger partial charge in [0, 0.05) is 0 Å². The molecule has 0 N–H and O–H groups in total. The zero-order valence-electron chi connectivity index (χ0n) is 10.00. The summed E-state index contributed by atoms with van der Waals surface area (Å²) in [6.07, 6.45) is 1.80. The van der Waals surface area contributed by atoms with Crippen LogP contribution in [0.25, 0.3) is 5.53 Å². The van der Waals surface area contributed by atoms with Crippen molar-refractivity contribution in [3.8, 4) is 0 Å². The van der Waals surface area contributed by atoms with Gasteiger partial charge in [-0.15, -0.1) is 0 Å². The van der Waals surface area contributed by atoms with E-state index >= 15 is 0 Å². The molecule has 5 heteroatoms. The SMILES string of the molecule is CC(C)=CCOC(=O)C(=[N+]=[N-])[Si](C)(C)C. The lowest BCUT2D eigenvalue weighted by molar-refractivity contribution is -0.138. The first kappa shape index (κ1) is 13.8. The van der Waals surface area contributed by atoms with Crippen molar-refractivity contribution < 1.29 is 14.3 Å². The van der Waals surface area contributed by atoms with E-state index in [1.54, 1.807) is 6.08 Å². The zero-order chi connectivity index (χ0) is 12.1. The second-order valence-electron chi connectivity index (χ2n) is 4.58. The number of nitrogens with zero attached hydrogens (tertiary/aromatic N) is 2. The van der Waals surface area contributed by atoms with Crippen LogP contribution in [0.4, 0.5) is 0 Å². The fraction of sp³-hybridized carbons (Fsp3) is 0.600. The monoisotopic (exact) mass is 226 g/mol. The number of hydrogen-bond acceptors (Lipinski definition) is 2. The lowest BCUT2D eigenvalue weighted by Crippen LogP contribution is -2.41. The molecule has 0 radical (unpaired) electrons. The standard InChI is InChI=1S/C10H18N2O2Si/c1-8(2)6-7-14-10(13)9(12-11)15(3,4)5/h6H,7H2,1-5H3. The highest BCUT2D eigenvalue weighted by molar-refractivity contribution is 7.11. The van der Waals surface area contributed by atoms with E-state index in [4.69, 9.17) is 10.3 Å². The molecular formula is C10H18N2O2Si. The third-order valence-corrected chi connectivity index (χ3v) is 3.43. The van der Waals surface area contributed by atoms with E-state index in [2.05, 4.69) is 4.79 Å². The van der Waals surface area contributed by atoms with Crippen molar-refractivity contribution in [1.29, 1.82) is 0 Å². The second-order valence-corrected chi connectivity index (χ2v) is 9.55. The molecule has 0 aliphatic heterocycles. The molecule has 0 aromatic carbocycles. The van der Waals surface area contributed by atoms with E-state index in [-0.39, 0.29) is 11.9 Å². The fourth-order valence-electron chi connectivity index (χ4n) is 0.849. The summed E-state index contributed by atoms with van der Waals surface area (Å²) in [7, 11) is -1.92. The van der Waals surface area contributed by atoms with Crippen molar-refractivity contribution in [2.75, 3.05) is 6.61 Å². The third-order valence-electron chi connectivity index (χ3n) is 1.71. The number of ether oxygens (including phenoxy) is 1. The van der Waals surface area contributed by atoms with Crippen LogP contribution in [0, 0.1) is 0 Å². The average Bonchev–Trinajstić information content (AvgIpc) is 2.01. The molecule has 0 amide bonds. The first-order chi connectivity index (χ1) is 6.79. The van der Waals surface area contributed by atoms with Crippen LogP contribution in [-0.2, 0) is 9.53 Å². The van der Waals surface area contributed by atoms with Gasteiger partial charge in [-0.1, -0.05) is 25.2 Å². The molecule has 0 fully saturated rings. The van der Waals surface area contributed by atoms with E-state index < -0.39 is 14.0 Å². The molecule has 0 bridgehead atoms. The number of carbonyl (C=O) groups is 1. The average molecular weight is 226 g/mol. The summed E-state index contributed by atoms with van der Waals surface area (Å²) >= 11 is 0. The van der Waals surface area contributed by atoms with Crippen LogP contribution in [-0.4, -0.2) is 30.8 Å². The van der Waals surface area contributed by atoms with Crippen molar-refractivity contribution in [1.82, 2.24) is 0 Å². The Labute approximate surface area is 91.6 Å². The Hall–Kier alpha value is -1.19. The normalized spacial score (nSPS) is 10.2. The number of rotatable bonds is 4. The molecule has 0 aliphatic carbocycles. The molecule has 0 rings (SSSR count). The molecule has 0 atom stereocenters. The van der Waals surface area contributed by atoms with E-state index in [1.165, 1.54) is 0 Å². The Balaban J connectivity index is 4.46. The van der Waals surface area contributed by atoms with E-state index in [1.807, 2.05) is 33.5 Å². The minimum absolute atomic E-state index is 0.171. The van der Waals surface area contributed by atoms with Crippen LogP contribution in [0.1, 0.15) is 13.8 Å². The van der Waals surface area contributed by atoms with E-state index in [0.29, 0.717) is 0 Å². The maximum atomic E-state index is 11.5. The number of allylic oxidation sites excluding steroid dienone is 1. The fourth-order valence-corrected chi connectivity index (χ4v) is 1.83. The smallest absolute Gasteiger partial charge is 0.410 e. The highest BCUT2D eigenvalue weighted by Crippen LogP contribution is 2.03.